The number of piperidine rings is 1. The van der Waals surface area contributed by atoms with Crippen LogP contribution in [0, 0.1) is 5.41 Å². The maximum absolute atomic E-state index is 12.5. The normalized spacial score (nSPS) is 21.8. The Morgan fingerprint density at radius 1 is 1.14 bits per heavy atom. The largest absolute Gasteiger partial charge is 0.478 e. The second-order valence-electron chi connectivity index (χ2n) is 5.98. The summed E-state index contributed by atoms with van der Waals surface area (Å²) >= 11 is 1.13. The van der Waals surface area contributed by atoms with Crippen molar-refractivity contribution in [1.82, 2.24) is 0 Å². The Morgan fingerprint density at radius 3 is 2.33 bits per heavy atom. The highest BCUT2D eigenvalue weighted by Crippen LogP contribution is 2.46. The Kier molecular flexibility index (Phi) is 3.57. The van der Waals surface area contributed by atoms with Gasteiger partial charge in [0.2, 0.25) is 11.8 Å². The first kappa shape index (κ1) is 14.3. The van der Waals surface area contributed by atoms with Gasteiger partial charge in [-0.2, -0.15) is 0 Å². The standard InChI is InChI=1S/C15H17NO4S/c17-11-8-15(5-2-1-3-6-15)9-12(18)16(11)13-10(14(19)20)4-7-21-13/h4,7H,1-3,5-6,8-9H2,(H,19,20). The van der Waals surface area contributed by atoms with Gasteiger partial charge in [-0.1, -0.05) is 19.3 Å². The Labute approximate surface area is 126 Å². The lowest BCUT2D eigenvalue weighted by molar-refractivity contribution is -0.134. The first-order valence-electron chi connectivity index (χ1n) is 7.19. The van der Waals surface area contributed by atoms with Crippen molar-refractivity contribution < 1.29 is 19.5 Å². The number of imide groups is 1. The number of hydrogen-bond acceptors (Lipinski definition) is 4. The van der Waals surface area contributed by atoms with Crippen LogP contribution in [0.4, 0.5) is 5.00 Å². The molecule has 0 bridgehead atoms. The zero-order valence-electron chi connectivity index (χ0n) is 11.6. The van der Waals surface area contributed by atoms with Crippen LogP contribution in [0.2, 0.25) is 0 Å². The van der Waals surface area contributed by atoms with Gasteiger partial charge in [0.15, 0.2) is 0 Å². The molecule has 5 nitrogen and oxygen atoms in total. The predicted molar refractivity (Wildman–Crippen MR) is 78.5 cm³/mol. The summed E-state index contributed by atoms with van der Waals surface area (Å²) in [6.45, 7) is 0. The SMILES string of the molecule is O=C(O)c1ccsc1N1C(=O)CC2(CCCCC2)CC1=O. The third-order valence-corrected chi connectivity index (χ3v) is 5.44. The van der Waals surface area contributed by atoms with E-state index in [0.717, 1.165) is 41.9 Å². The van der Waals surface area contributed by atoms with Crippen molar-refractivity contribution >= 4 is 34.1 Å². The van der Waals surface area contributed by atoms with Crippen LogP contribution in [-0.4, -0.2) is 22.9 Å². The van der Waals surface area contributed by atoms with Gasteiger partial charge in [-0.25, -0.2) is 9.69 Å². The van der Waals surface area contributed by atoms with Crippen molar-refractivity contribution in [2.45, 2.75) is 44.9 Å². The number of rotatable bonds is 2. The monoisotopic (exact) mass is 307 g/mol. The molecule has 0 unspecified atom stereocenters. The molecule has 2 aliphatic rings. The number of thiophene rings is 1. The van der Waals surface area contributed by atoms with Crippen LogP contribution in [0.1, 0.15) is 55.3 Å². The molecular formula is C15H17NO4S. The third-order valence-electron chi connectivity index (χ3n) is 4.54. The van der Waals surface area contributed by atoms with Crippen LogP contribution in [0.3, 0.4) is 0 Å². The third kappa shape index (κ3) is 2.48. The Balaban J connectivity index is 1.89. The number of carbonyl (C=O) groups is 3. The second-order valence-corrected chi connectivity index (χ2v) is 6.88. The summed E-state index contributed by atoms with van der Waals surface area (Å²) in [5, 5.41) is 11.0. The summed E-state index contributed by atoms with van der Waals surface area (Å²) in [5.41, 5.74) is -0.148. The number of hydrogen-bond donors (Lipinski definition) is 1. The van der Waals surface area contributed by atoms with E-state index < -0.39 is 5.97 Å². The van der Waals surface area contributed by atoms with Gasteiger partial charge < -0.3 is 5.11 Å². The van der Waals surface area contributed by atoms with E-state index in [1.807, 2.05) is 0 Å². The van der Waals surface area contributed by atoms with Crippen molar-refractivity contribution in [2.75, 3.05) is 4.90 Å². The lowest BCUT2D eigenvalue weighted by Gasteiger charge is -2.42. The topological polar surface area (TPSA) is 74.7 Å². The smallest absolute Gasteiger partial charge is 0.338 e. The van der Waals surface area contributed by atoms with Crippen LogP contribution in [0.5, 0.6) is 0 Å². The first-order chi connectivity index (χ1) is 10.0. The minimum absolute atomic E-state index is 0.0290. The molecule has 1 aliphatic carbocycles. The fraction of sp³-hybridized carbons (Fsp3) is 0.533. The molecule has 0 aromatic carbocycles. The number of aromatic carboxylic acids is 1. The predicted octanol–water partition coefficient (Wildman–Crippen LogP) is 3.05. The lowest BCUT2D eigenvalue weighted by Crippen LogP contribution is -2.48. The van der Waals surface area contributed by atoms with Crippen LogP contribution in [0.15, 0.2) is 11.4 Å². The quantitative estimate of drug-likeness (QED) is 0.852. The Bertz CT molecular complexity index is 581. The molecule has 0 atom stereocenters. The molecular weight excluding hydrogens is 290 g/mol. The molecule has 1 saturated carbocycles. The summed E-state index contributed by atoms with van der Waals surface area (Å²) in [6.07, 6.45) is 5.87. The maximum atomic E-state index is 12.5. The minimum atomic E-state index is -1.11. The number of carboxylic acids is 1. The minimum Gasteiger partial charge on any atom is -0.478 e. The van der Waals surface area contributed by atoms with Crippen LogP contribution in [-0.2, 0) is 9.59 Å². The number of carbonyl (C=O) groups excluding carboxylic acids is 2. The summed E-state index contributed by atoms with van der Waals surface area (Å²) in [4.78, 5) is 37.2. The Morgan fingerprint density at radius 2 is 1.76 bits per heavy atom. The molecule has 1 N–H and O–H groups in total. The molecule has 1 spiro atoms. The molecule has 112 valence electrons. The van der Waals surface area contributed by atoms with E-state index >= 15 is 0 Å². The van der Waals surface area contributed by atoms with Gasteiger partial charge in [-0.05, 0) is 29.7 Å². The molecule has 6 heteroatoms. The fourth-order valence-electron chi connectivity index (χ4n) is 3.52. The van der Waals surface area contributed by atoms with Gasteiger partial charge in [0.05, 0.1) is 5.56 Å². The summed E-state index contributed by atoms with van der Waals surface area (Å²) in [7, 11) is 0. The van der Waals surface area contributed by atoms with Gasteiger partial charge in [-0.3, -0.25) is 9.59 Å². The van der Waals surface area contributed by atoms with E-state index in [1.165, 1.54) is 12.5 Å². The number of nitrogens with zero attached hydrogens (tertiary/aromatic N) is 1. The van der Waals surface area contributed by atoms with E-state index in [2.05, 4.69) is 0 Å². The van der Waals surface area contributed by atoms with Gasteiger partial charge in [-0.15, -0.1) is 11.3 Å². The lowest BCUT2D eigenvalue weighted by atomic mass is 9.67. The zero-order chi connectivity index (χ0) is 15.0. The highest BCUT2D eigenvalue weighted by atomic mass is 32.1. The molecule has 2 fully saturated rings. The van der Waals surface area contributed by atoms with Crippen molar-refractivity contribution in [3.8, 4) is 0 Å². The number of carboxylic acid groups (broad SMARTS) is 1. The van der Waals surface area contributed by atoms with Gasteiger partial charge in [0, 0.05) is 12.8 Å². The van der Waals surface area contributed by atoms with Gasteiger partial charge in [0.1, 0.15) is 5.00 Å². The van der Waals surface area contributed by atoms with Gasteiger partial charge >= 0.3 is 5.97 Å². The zero-order valence-corrected chi connectivity index (χ0v) is 12.4. The van der Waals surface area contributed by atoms with Crippen LogP contribution >= 0.6 is 11.3 Å². The molecule has 1 aliphatic heterocycles. The summed E-state index contributed by atoms with van der Waals surface area (Å²) in [5.74, 6) is -1.61. The molecule has 1 aromatic heterocycles. The second kappa shape index (κ2) is 5.26. The molecule has 0 radical (unpaired) electrons. The van der Waals surface area contributed by atoms with E-state index in [4.69, 9.17) is 5.11 Å². The van der Waals surface area contributed by atoms with E-state index in [0.29, 0.717) is 12.8 Å². The average Bonchev–Trinajstić information content (AvgIpc) is 2.87. The average molecular weight is 307 g/mol. The molecule has 3 rings (SSSR count). The summed E-state index contributed by atoms with van der Waals surface area (Å²) in [6, 6.07) is 1.44. The summed E-state index contributed by atoms with van der Waals surface area (Å²) < 4.78 is 0. The molecule has 2 heterocycles. The molecule has 2 amide bonds. The number of amides is 2. The van der Waals surface area contributed by atoms with E-state index in [1.54, 1.807) is 5.38 Å². The van der Waals surface area contributed by atoms with Crippen molar-refractivity contribution in [1.29, 1.82) is 0 Å². The van der Waals surface area contributed by atoms with Crippen molar-refractivity contribution in [2.24, 2.45) is 5.41 Å². The fourth-order valence-corrected chi connectivity index (χ4v) is 4.44. The van der Waals surface area contributed by atoms with E-state index in [-0.39, 0.29) is 27.8 Å². The Hall–Kier alpha value is -1.69. The van der Waals surface area contributed by atoms with Crippen molar-refractivity contribution in [3.63, 3.8) is 0 Å². The van der Waals surface area contributed by atoms with Crippen molar-refractivity contribution in [3.05, 3.63) is 17.0 Å². The van der Waals surface area contributed by atoms with E-state index in [9.17, 15) is 14.4 Å². The molecule has 1 aromatic rings. The highest BCUT2D eigenvalue weighted by Gasteiger charge is 2.45. The van der Waals surface area contributed by atoms with Crippen LogP contribution in [0.25, 0.3) is 0 Å². The van der Waals surface area contributed by atoms with Gasteiger partial charge in [0.25, 0.3) is 0 Å². The first-order valence-corrected chi connectivity index (χ1v) is 8.07. The highest BCUT2D eigenvalue weighted by molar-refractivity contribution is 7.15. The van der Waals surface area contributed by atoms with Crippen LogP contribution < -0.4 is 4.90 Å². The number of anilines is 1. The maximum Gasteiger partial charge on any atom is 0.338 e. The molecule has 21 heavy (non-hydrogen) atoms. The molecule has 1 saturated heterocycles.